The van der Waals surface area contributed by atoms with E-state index >= 15 is 0 Å². The molecule has 0 fully saturated rings. The number of methoxy groups -OCH3 is 1. The van der Waals surface area contributed by atoms with E-state index < -0.39 is 29.0 Å². The van der Waals surface area contributed by atoms with Gasteiger partial charge >= 0.3 is 12.3 Å². The Hall–Kier alpha value is -3.00. The average Bonchev–Trinajstić information content (AvgIpc) is 2.70. The van der Waals surface area contributed by atoms with Crippen molar-refractivity contribution in [2.75, 3.05) is 7.11 Å². The first-order valence-corrected chi connectivity index (χ1v) is 9.54. The van der Waals surface area contributed by atoms with Crippen molar-refractivity contribution in [3.8, 4) is 5.75 Å². The van der Waals surface area contributed by atoms with Gasteiger partial charge in [-0.25, -0.2) is 9.18 Å². The fourth-order valence-electron chi connectivity index (χ4n) is 2.64. The second-order valence-corrected chi connectivity index (χ2v) is 7.80. The zero-order valence-electron chi connectivity index (χ0n) is 15.1. The number of hydrogen-bond acceptors (Lipinski definition) is 3. The van der Waals surface area contributed by atoms with Crippen molar-refractivity contribution in [3.05, 3.63) is 84.2 Å². The molecule has 0 aromatic heterocycles. The number of carbonyl (C=O) groups excluding carboxylic acids is 1. The number of rotatable bonds is 5. The Kier molecular flexibility index (Phi) is 6.12. The van der Waals surface area contributed by atoms with E-state index in [-0.39, 0.29) is 11.3 Å². The van der Waals surface area contributed by atoms with Gasteiger partial charge in [-0.15, -0.1) is 13.2 Å². The molecule has 3 aromatic rings. The quantitative estimate of drug-likeness (QED) is 0.304. The normalized spacial score (nSPS) is 12.3. The monoisotopic (exact) mass is 423 g/mol. The molecule has 0 aliphatic carbocycles. The molecule has 0 spiro atoms. The molecule has 8 heteroatoms. The predicted octanol–water partition coefficient (Wildman–Crippen LogP) is 5.61. The molecule has 1 atom stereocenters. The van der Waals surface area contributed by atoms with Gasteiger partial charge in [0.25, 0.3) is 0 Å². The third-order valence-electron chi connectivity index (χ3n) is 3.85. The number of esters is 1. The van der Waals surface area contributed by atoms with Gasteiger partial charge < -0.3 is 9.47 Å². The van der Waals surface area contributed by atoms with Crippen LogP contribution in [0.5, 0.6) is 5.75 Å². The summed E-state index contributed by atoms with van der Waals surface area (Å²) in [6, 6.07) is 18.7. The molecule has 150 valence electrons. The maximum Gasteiger partial charge on any atom is 0.573 e. The van der Waals surface area contributed by atoms with E-state index in [1.165, 1.54) is 42.5 Å². The van der Waals surface area contributed by atoms with Gasteiger partial charge in [0.05, 0.1) is 18.0 Å². The van der Waals surface area contributed by atoms with Crippen LogP contribution in [-0.2, 0) is 15.6 Å². The maximum absolute atomic E-state index is 14.1. The lowest BCUT2D eigenvalue weighted by Gasteiger charge is -2.11. The van der Waals surface area contributed by atoms with Crippen LogP contribution in [0.1, 0.15) is 10.4 Å². The molecule has 0 saturated heterocycles. The van der Waals surface area contributed by atoms with Crippen LogP contribution in [0.2, 0.25) is 0 Å². The van der Waals surface area contributed by atoms with Gasteiger partial charge in [0, 0.05) is 6.07 Å². The first-order valence-electron chi connectivity index (χ1n) is 8.31. The fourth-order valence-corrected chi connectivity index (χ4v) is 4.73. The SMILES string of the molecule is COC(=O)c1cc([S+](c2ccccc2)c2ccc(OC(F)(F)F)cc2)ccc1F. The molecule has 0 aliphatic heterocycles. The summed E-state index contributed by atoms with van der Waals surface area (Å²) in [4.78, 5) is 14.0. The number of halogens is 4. The van der Waals surface area contributed by atoms with Crippen molar-refractivity contribution >= 4 is 16.9 Å². The lowest BCUT2D eigenvalue weighted by Crippen LogP contribution is -2.17. The smallest absolute Gasteiger partial charge is 0.465 e. The summed E-state index contributed by atoms with van der Waals surface area (Å²) in [5, 5.41) is 0. The minimum absolute atomic E-state index is 0.213. The highest BCUT2D eigenvalue weighted by atomic mass is 32.2. The van der Waals surface area contributed by atoms with Gasteiger partial charge in [-0.2, -0.15) is 0 Å². The molecule has 29 heavy (non-hydrogen) atoms. The van der Waals surface area contributed by atoms with Gasteiger partial charge in [0.1, 0.15) is 17.1 Å². The summed E-state index contributed by atoms with van der Waals surface area (Å²) in [6.07, 6.45) is -4.78. The van der Waals surface area contributed by atoms with E-state index in [0.29, 0.717) is 9.79 Å². The lowest BCUT2D eigenvalue weighted by molar-refractivity contribution is -0.274. The number of ether oxygens (including phenoxy) is 2. The van der Waals surface area contributed by atoms with E-state index in [1.807, 2.05) is 30.3 Å². The van der Waals surface area contributed by atoms with Gasteiger partial charge in [0.15, 0.2) is 14.7 Å². The summed E-state index contributed by atoms with van der Waals surface area (Å²) in [5.41, 5.74) is -0.213. The average molecular weight is 423 g/mol. The van der Waals surface area contributed by atoms with Crippen molar-refractivity contribution in [1.29, 1.82) is 0 Å². The second-order valence-electron chi connectivity index (χ2n) is 5.77. The van der Waals surface area contributed by atoms with Crippen LogP contribution in [0.15, 0.2) is 87.5 Å². The topological polar surface area (TPSA) is 35.5 Å². The van der Waals surface area contributed by atoms with Gasteiger partial charge in [-0.1, -0.05) is 18.2 Å². The molecule has 3 aromatic carbocycles. The minimum atomic E-state index is -4.78. The van der Waals surface area contributed by atoms with Crippen LogP contribution in [-0.4, -0.2) is 19.4 Å². The Morgan fingerprint density at radius 1 is 0.862 bits per heavy atom. The van der Waals surface area contributed by atoms with Crippen molar-refractivity contribution in [2.45, 2.75) is 21.0 Å². The lowest BCUT2D eigenvalue weighted by atomic mass is 10.2. The van der Waals surface area contributed by atoms with Crippen molar-refractivity contribution in [3.63, 3.8) is 0 Å². The summed E-state index contributed by atoms with van der Waals surface area (Å²) in [5.74, 6) is -1.87. The molecule has 0 N–H and O–H groups in total. The third kappa shape index (κ3) is 5.08. The molecule has 0 aliphatic rings. The number of hydrogen-bond donors (Lipinski definition) is 0. The largest absolute Gasteiger partial charge is 0.573 e. The van der Waals surface area contributed by atoms with E-state index in [1.54, 1.807) is 0 Å². The Morgan fingerprint density at radius 2 is 1.45 bits per heavy atom. The van der Waals surface area contributed by atoms with Crippen LogP contribution >= 0.6 is 0 Å². The number of benzene rings is 3. The molecule has 3 rings (SSSR count). The van der Waals surface area contributed by atoms with Crippen LogP contribution in [0, 0.1) is 5.82 Å². The standard InChI is InChI=1S/C21H15F4O3S/c1-27-20(26)18-13-17(11-12-19(18)22)29(15-5-3-2-4-6-15)16-9-7-14(8-10-16)28-21(23,24)25/h2-13H,1H3/q+1. The first-order chi connectivity index (χ1) is 13.8. The maximum atomic E-state index is 14.1. The second kappa shape index (κ2) is 8.57. The third-order valence-corrected chi connectivity index (χ3v) is 6.06. The highest BCUT2D eigenvalue weighted by molar-refractivity contribution is 7.97. The van der Waals surface area contributed by atoms with Crippen LogP contribution in [0.3, 0.4) is 0 Å². The highest BCUT2D eigenvalue weighted by Gasteiger charge is 2.33. The molecular formula is C21H15F4O3S+. The van der Waals surface area contributed by atoms with Crippen molar-refractivity contribution in [1.82, 2.24) is 0 Å². The van der Waals surface area contributed by atoms with Crippen molar-refractivity contribution < 1.29 is 31.8 Å². The summed E-state index contributed by atoms with van der Waals surface area (Å²) < 4.78 is 59.9. The zero-order valence-corrected chi connectivity index (χ0v) is 15.9. The van der Waals surface area contributed by atoms with E-state index in [0.717, 1.165) is 12.0 Å². The molecule has 0 bridgehead atoms. The Bertz CT molecular complexity index is 989. The van der Waals surface area contributed by atoms with Crippen LogP contribution in [0.25, 0.3) is 0 Å². The van der Waals surface area contributed by atoms with Gasteiger partial charge in [-0.3, -0.25) is 0 Å². The minimum Gasteiger partial charge on any atom is -0.465 e. The van der Waals surface area contributed by atoms with Crippen LogP contribution < -0.4 is 4.74 Å². The molecule has 0 amide bonds. The fraction of sp³-hybridized carbons (Fsp3) is 0.0952. The number of alkyl halides is 3. The Balaban J connectivity index is 2.07. The highest BCUT2D eigenvalue weighted by Crippen LogP contribution is 2.34. The van der Waals surface area contributed by atoms with E-state index in [9.17, 15) is 22.4 Å². The molecule has 0 radical (unpaired) electrons. The molecular weight excluding hydrogens is 408 g/mol. The first kappa shape index (κ1) is 20.7. The molecule has 3 nitrogen and oxygen atoms in total. The molecule has 0 heterocycles. The van der Waals surface area contributed by atoms with Gasteiger partial charge in [-0.05, 0) is 48.5 Å². The molecule has 1 unspecified atom stereocenters. The summed E-state index contributed by atoms with van der Waals surface area (Å²) in [6.45, 7) is 0. The predicted molar refractivity (Wildman–Crippen MR) is 99.5 cm³/mol. The van der Waals surface area contributed by atoms with E-state index in [2.05, 4.69) is 9.47 Å². The van der Waals surface area contributed by atoms with Crippen molar-refractivity contribution in [2.24, 2.45) is 0 Å². The van der Waals surface area contributed by atoms with E-state index in [4.69, 9.17) is 0 Å². The number of carbonyl (C=O) groups is 1. The Morgan fingerprint density at radius 3 is 2.03 bits per heavy atom. The zero-order chi connectivity index (χ0) is 21.0. The summed E-state index contributed by atoms with van der Waals surface area (Å²) in [7, 11) is 0.363. The Labute approximate surface area is 167 Å². The summed E-state index contributed by atoms with van der Waals surface area (Å²) >= 11 is 0. The van der Waals surface area contributed by atoms with Crippen LogP contribution in [0.4, 0.5) is 17.6 Å². The van der Waals surface area contributed by atoms with Gasteiger partial charge in [0.2, 0.25) is 0 Å². The molecule has 0 saturated carbocycles.